The van der Waals surface area contributed by atoms with Gasteiger partial charge in [0.2, 0.25) is 5.13 Å². The van der Waals surface area contributed by atoms with E-state index in [9.17, 15) is 19.8 Å². The van der Waals surface area contributed by atoms with Gasteiger partial charge in [-0.1, -0.05) is 71.1 Å². The van der Waals surface area contributed by atoms with Gasteiger partial charge in [-0.15, -0.1) is 10.2 Å². The number of imidazole rings is 1. The molecule has 3 aromatic heterocycles. The molecule has 9 nitrogen and oxygen atoms in total. The van der Waals surface area contributed by atoms with Crippen LogP contribution in [0.4, 0.5) is 5.13 Å². The standard InChI is InChI=1S/C29H22ClN5O4S2/c1-15-6-5-13-34-16(2)22(31-26(15)34)24(37)21-23(17-9-11-19(36)12-10-17)35(27(39)25(21)38)28-32-33-29(41-28)40-14-18-7-3-4-8-20(18)30/h3-13,23,36-37H,14H2,1-2H3/b24-21+. The molecule has 4 heterocycles. The van der Waals surface area contributed by atoms with Crippen LogP contribution >= 0.6 is 34.7 Å². The molecule has 0 bridgehead atoms. The quantitative estimate of drug-likeness (QED) is 0.0787. The van der Waals surface area contributed by atoms with Gasteiger partial charge in [0.25, 0.3) is 5.78 Å². The molecule has 1 fully saturated rings. The summed E-state index contributed by atoms with van der Waals surface area (Å²) in [6, 6.07) is 16.4. The first-order chi connectivity index (χ1) is 19.7. The molecule has 41 heavy (non-hydrogen) atoms. The highest BCUT2D eigenvalue weighted by atomic mass is 35.5. The molecule has 1 atom stereocenters. The highest BCUT2D eigenvalue weighted by molar-refractivity contribution is 8.00. The second-order valence-corrected chi connectivity index (χ2v) is 12.0. The average molecular weight is 604 g/mol. The van der Waals surface area contributed by atoms with Crippen LogP contribution in [0.1, 0.15) is 34.1 Å². The third-order valence-corrected chi connectivity index (χ3v) is 9.35. The van der Waals surface area contributed by atoms with Crippen molar-refractivity contribution in [1.29, 1.82) is 0 Å². The highest BCUT2D eigenvalue weighted by Crippen LogP contribution is 2.44. The van der Waals surface area contributed by atoms with Crippen LogP contribution in [0, 0.1) is 13.8 Å². The number of aliphatic hydroxyl groups excluding tert-OH is 1. The number of carbonyl (C=O) groups excluding carboxylic acids is 2. The second kappa shape index (κ2) is 10.7. The van der Waals surface area contributed by atoms with Gasteiger partial charge in [-0.25, -0.2) is 4.98 Å². The number of phenols is 1. The number of thioether (sulfide) groups is 1. The number of aromatic hydroxyl groups is 1. The van der Waals surface area contributed by atoms with Crippen molar-refractivity contribution in [2.75, 3.05) is 4.90 Å². The maximum absolute atomic E-state index is 13.5. The molecule has 1 aliphatic rings. The molecule has 0 saturated carbocycles. The number of rotatable bonds is 6. The summed E-state index contributed by atoms with van der Waals surface area (Å²) in [6.07, 6.45) is 1.82. The van der Waals surface area contributed by atoms with E-state index in [1.54, 1.807) is 19.1 Å². The molecule has 0 aliphatic carbocycles. The molecule has 206 valence electrons. The zero-order valence-corrected chi connectivity index (χ0v) is 24.2. The Hall–Kier alpha value is -4.19. The Kier molecular flexibility index (Phi) is 7.02. The minimum Gasteiger partial charge on any atom is -0.508 e. The number of phenolic OH excluding ortho intramolecular Hbond substituents is 1. The Morgan fingerprint density at radius 1 is 1.05 bits per heavy atom. The summed E-state index contributed by atoms with van der Waals surface area (Å²) in [6.45, 7) is 3.69. The van der Waals surface area contributed by atoms with Crippen LogP contribution in [0.15, 0.2) is 76.8 Å². The summed E-state index contributed by atoms with van der Waals surface area (Å²) < 4.78 is 2.40. The molecular formula is C29H22ClN5O4S2. The zero-order valence-electron chi connectivity index (χ0n) is 21.8. The first-order valence-corrected chi connectivity index (χ1v) is 14.7. The molecule has 0 spiro atoms. The normalized spacial score (nSPS) is 16.7. The molecule has 0 radical (unpaired) electrons. The minimum atomic E-state index is -1.02. The van der Waals surface area contributed by atoms with Crippen molar-refractivity contribution in [3.63, 3.8) is 0 Å². The van der Waals surface area contributed by atoms with E-state index in [0.29, 0.717) is 32.0 Å². The lowest BCUT2D eigenvalue weighted by atomic mass is 9.96. The molecule has 2 N–H and O–H groups in total. The Balaban J connectivity index is 1.44. The van der Waals surface area contributed by atoms with Crippen molar-refractivity contribution in [2.45, 2.75) is 30.0 Å². The smallest absolute Gasteiger partial charge is 0.301 e. The molecule has 1 saturated heterocycles. The maximum atomic E-state index is 13.5. The van der Waals surface area contributed by atoms with Gasteiger partial charge in [-0.2, -0.15) is 0 Å². The van der Waals surface area contributed by atoms with E-state index in [1.807, 2.05) is 53.9 Å². The van der Waals surface area contributed by atoms with Crippen LogP contribution in [0.2, 0.25) is 5.02 Å². The number of pyridine rings is 1. The van der Waals surface area contributed by atoms with Crippen LogP contribution in [0.3, 0.4) is 0 Å². The van der Waals surface area contributed by atoms with Crippen LogP contribution in [0.25, 0.3) is 11.4 Å². The Bertz CT molecular complexity index is 1860. The van der Waals surface area contributed by atoms with Gasteiger partial charge in [0.15, 0.2) is 10.1 Å². The van der Waals surface area contributed by atoms with Crippen LogP contribution in [-0.4, -0.2) is 41.5 Å². The predicted octanol–water partition coefficient (Wildman–Crippen LogP) is 6.08. The van der Waals surface area contributed by atoms with Crippen LogP contribution in [0.5, 0.6) is 5.75 Å². The lowest BCUT2D eigenvalue weighted by Crippen LogP contribution is -2.29. The first kappa shape index (κ1) is 27.0. The van der Waals surface area contributed by atoms with E-state index in [4.69, 9.17) is 11.6 Å². The van der Waals surface area contributed by atoms with Crippen LogP contribution in [-0.2, 0) is 15.3 Å². The topological polar surface area (TPSA) is 121 Å². The van der Waals surface area contributed by atoms with Gasteiger partial charge in [-0.05, 0) is 54.8 Å². The first-order valence-electron chi connectivity index (χ1n) is 12.5. The average Bonchev–Trinajstić information content (AvgIpc) is 3.64. The van der Waals surface area contributed by atoms with E-state index in [1.165, 1.54) is 28.8 Å². The fourth-order valence-electron chi connectivity index (χ4n) is 4.79. The second-order valence-electron chi connectivity index (χ2n) is 9.42. The molecule has 12 heteroatoms. The number of aliphatic hydroxyl groups is 1. The number of aryl methyl sites for hydroxylation is 2. The maximum Gasteiger partial charge on any atom is 0.301 e. The number of benzene rings is 2. The molecule has 6 rings (SSSR count). The van der Waals surface area contributed by atoms with Crippen molar-refractivity contribution < 1.29 is 19.8 Å². The summed E-state index contributed by atoms with van der Waals surface area (Å²) in [5.74, 6) is -1.54. The Morgan fingerprint density at radius 3 is 2.54 bits per heavy atom. The summed E-state index contributed by atoms with van der Waals surface area (Å²) in [4.78, 5) is 32.9. The highest BCUT2D eigenvalue weighted by Gasteiger charge is 2.48. The van der Waals surface area contributed by atoms with Crippen LogP contribution < -0.4 is 4.90 Å². The van der Waals surface area contributed by atoms with Crippen molar-refractivity contribution in [2.24, 2.45) is 0 Å². The van der Waals surface area contributed by atoms with Gasteiger partial charge in [0.05, 0.1) is 17.3 Å². The van der Waals surface area contributed by atoms with Gasteiger partial charge in [0.1, 0.15) is 17.1 Å². The molecule has 2 aromatic carbocycles. The van der Waals surface area contributed by atoms with Crippen molar-refractivity contribution in [3.8, 4) is 5.75 Å². The van der Waals surface area contributed by atoms with Gasteiger partial charge in [-0.3, -0.25) is 14.5 Å². The van der Waals surface area contributed by atoms with Gasteiger partial charge < -0.3 is 14.6 Å². The van der Waals surface area contributed by atoms with E-state index >= 15 is 0 Å². The Morgan fingerprint density at radius 2 is 1.80 bits per heavy atom. The van der Waals surface area contributed by atoms with E-state index < -0.39 is 17.7 Å². The third kappa shape index (κ3) is 4.75. The predicted molar refractivity (Wildman–Crippen MR) is 158 cm³/mol. The number of hydrogen-bond donors (Lipinski definition) is 2. The molecule has 5 aromatic rings. The van der Waals surface area contributed by atoms with E-state index in [0.717, 1.165) is 22.5 Å². The number of Topliss-reactive ketones (excluding diaryl/α,β-unsaturated/α-hetero) is 1. The fourth-order valence-corrected chi connectivity index (χ4v) is 6.94. The number of hydrogen-bond acceptors (Lipinski definition) is 9. The summed E-state index contributed by atoms with van der Waals surface area (Å²) in [7, 11) is 0. The Labute approximate surface area is 247 Å². The zero-order chi connectivity index (χ0) is 28.8. The van der Waals surface area contributed by atoms with Crippen molar-refractivity contribution in [1.82, 2.24) is 19.6 Å². The number of anilines is 1. The number of nitrogens with zero attached hydrogens (tertiary/aromatic N) is 5. The number of aromatic nitrogens is 4. The largest absolute Gasteiger partial charge is 0.508 e. The summed E-state index contributed by atoms with van der Waals surface area (Å²) >= 11 is 8.85. The lowest BCUT2D eigenvalue weighted by Gasteiger charge is -2.22. The SMILES string of the molecule is Cc1cccn2c(C)c(/C(O)=C3\C(=O)C(=O)N(c4nnc(SCc5ccccc5Cl)s4)C3c3ccc(O)cc3)nc12. The summed E-state index contributed by atoms with van der Waals surface area (Å²) in [5, 5.41) is 30.8. The third-order valence-electron chi connectivity index (χ3n) is 6.87. The number of fused-ring (bicyclic) bond motifs is 1. The molecule has 1 amide bonds. The molecular weight excluding hydrogens is 582 g/mol. The van der Waals surface area contributed by atoms with E-state index in [-0.39, 0.29) is 27.9 Å². The number of ketones is 1. The van der Waals surface area contributed by atoms with E-state index in [2.05, 4.69) is 15.2 Å². The number of amides is 1. The number of halogens is 1. The minimum absolute atomic E-state index is 0.0200. The monoisotopic (exact) mass is 603 g/mol. The van der Waals surface area contributed by atoms with Gasteiger partial charge >= 0.3 is 5.91 Å². The summed E-state index contributed by atoms with van der Waals surface area (Å²) in [5.41, 5.74) is 3.65. The van der Waals surface area contributed by atoms with Gasteiger partial charge in [0, 0.05) is 17.0 Å². The molecule has 1 aliphatic heterocycles. The molecule has 1 unspecified atom stereocenters. The fraction of sp³-hybridized carbons (Fsp3) is 0.138. The van der Waals surface area contributed by atoms with Crippen molar-refractivity contribution >= 4 is 62.9 Å². The lowest BCUT2D eigenvalue weighted by molar-refractivity contribution is -0.132. The van der Waals surface area contributed by atoms with Crippen molar-refractivity contribution in [3.05, 3.63) is 106 Å². The number of carbonyl (C=O) groups is 2.